The number of benzene rings is 1. The van der Waals surface area contributed by atoms with Crippen LogP contribution in [0, 0.1) is 0 Å². The highest BCUT2D eigenvalue weighted by molar-refractivity contribution is 5.79. The van der Waals surface area contributed by atoms with Gasteiger partial charge in [-0.05, 0) is 17.7 Å². The zero-order chi connectivity index (χ0) is 17.4. The van der Waals surface area contributed by atoms with Crippen LogP contribution in [0.25, 0.3) is 0 Å². The molecule has 1 amide bonds. The summed E-state index contributed by atoms with van der Waals surface area (Å²) in [6.07, 6.45) is 2.32. The molecule has 0 bridgehead atoms. The Morgan fingerprint density at radius 1 is 1.36 bits per heavy atom. The summed E-state index contributed by atoms with van der Waals surface area (Å²) >= 11 is 0. The number of amides is 1. The van der Waals surface area contributed by atoms with Gasteiger partial charge in [0.15, 0.2) is 11.5 Å². The fourth-order valence-corrected chi connectivity index (χ4v) is 3.50. The summed E-state index contributed by atoms with van der Waals surface area (Å²) in [7, 11) is 3.58. The van der Waals surface area contributed by atoms with Crippen LogP contribution in [0.4, 0.5) is 0 Å². The average molecular weight is 343 g/mol. The lowest BCUT2D eigenvalue weighted by atomic mass is 9.96. The van der Waals surface area contributed by atoms with Crippen LogP contribution in [0.15, 0.2) is 24.4 Å². The third kappa shape index (κ3) is 3.07. The van der Waals surface area contributed by atoms with Gasteiger partial charge >= 0.3 is 0 Å². The van der Waals surface area contributed by atoms with Crippen LogP contribution in [0.3, 0.4) is 0 Å². The molecular formula is C18H21N3O4. The molecule has 0 spiro atoms. The molecule has 1 aromatic heterocycles. The smallest absolute Gasteiger partial charge is 0.231 e. The first-order chi connectivity index (χ1) is 12.1. The molecule has 3 heterocycles. The van der Waals surface area contributed by atoms with Gasteiger partial charge < -0.3 is 19.1 Å². The van der Waals surface area contributed by atoms with Crippen molar-refractivity contribution in [2.24, 2.45) is 7.05 Å². The van der Waals surface area contributed by atoms with Gasteiger partial charge in [-0.1, -0.05) is 6.07 Å². The van der Waals surface area contributed by atoms with Crippen LogP contribution in [0.1, 0.15) is 22.7 Å². The monoisotopic (exact) mass is 343 g/mol. The number of hydrogen-bond donors (Lipinski definition) is 0. The Labute approximate surface area is 146 Å². The van der Waals surface area contributed by atoms with E-state index in [1.165, 1.54) is 0 Å². The van der Waals surface area contributed by atoms with E-state index in [2.05, 4.69) is 5.10 Å². The summed E-state index contributed by atoms with van der Waals surface area (Å²) in [6, 6.07) is 5.65. The highest BCUT2D eigenvalue weighted by atomic mass is 16.7. The fraction of sp³-hybridized carbons (Fsp3) is 0.444. The number of hydrogen-bond acceptors (Lipinski definition) is 5. The van der Waals surface area contributed by atoms with E-state index < -0.39 is 0 Å². The van der Waals surface area contributed by atoms with E-state index in [0.717, 1.165) is 22.6 Å². The lowest BCUT2D eigenvalue weighted by Crippen LogP contribution is -2.40. The molecule has 2 aliphatic heterocycles. The first kappa shape index (κ1) is 16.0. The van der Waals surface area contributed by atoms with E-state index >= 15 is 0 Å². The largest absolute Gasteiger partial charge is 0.454 e. The number of rotatable bonds is 4. The Bertz CT molecular complexity index is 802. The summed E-state index contributed by atoms with van der Waals surface area (Å²) in [4.78, 5) is 14.7. The predicted octanol–water partition coefficient (Wildman–Crippen LogP) is 1.46. The van der Waals surface area contributed by atoms with Crippen LogP contribution >= 0.6 is 0 Å². The third-order valence-corrected chi connectivity index (χ3v) is 4.64. The van der Waals surface area contributed by atoms with E-state index in [4.69, 9.17) is 14.2 Å². The second-order valence-corrected chi connectivity index (χ2v) is 6.50. The molecule has 7 heteroatoms. The number of aryl methyl sites for hydroxylation is 1. The first-order valence-corrected chi connectivity index (χ1v) is 8.31. The molecule has 0 radical (unpaired) electrons. The van der Waals surface area contributed by atoms with Gasteiger partial charge in [-0.2, -0.15) is 5.10 Å². The Morgan fingerprint density at radius 2 is 2.20 bits per heavy atom. The molecule has 0 fully saturated rings. The predicted molar refractivity (Wildman–Crippen MR) is 89.5 cm³/mol. The van der Waals surface area contributed by atoms with E-state index in [1.54, 1.807) is 11.8 Å². The molecular weight excluding hydrogens is 322 g/mol. The molecule has 2 aliphatic rings. The van der Waals surface area contributed by atoms with Crippen LogP contribution in [0.5, 0.6) is 11.5 Å². The number of carbonyl (C=O) groups excluding carboxylic acids is 1. The molecule has 1 aromatic carbocycles. The van der Waals surface area contributed by atoms with E-state index in [1.807, 2.05) is 36.3 Å². The Hall–Kier alpha value is -2.54. The number of nitrogens with zero attached hydrogens (tertiary/aromatic N) is 3. The van der Waals surface area contributed by atoms with Crippen LogP contribution in [0.2, 0.25) is 0 Å². The van der Waals surface area contributed by atoms with Gasteiger partial charge in [-0.3, -0.25) is 9.48 Å². The fourth-order valence-electron chi connectivity index (χ4n) is 3.50. The molecule has 0 saturated carbocycles. The number of fused-ring (bicyclic) bond motifs is 2. The summed E-state index contributed by atoms with van der Waals surface area (Å²) in [6.45, 7) is 2.01. The van der Waals surface area contributed by atoms with Crippen molar-refractivity contribution in [3.63, 3.8) is 0 Å². The van der Waals surface area contributed by atoms with Crippen LogP contribution in [-0.4, -0.2) is 47.6 Å². The minimum Gasteiger partial charge on any atom is -0.454 e. The summed E-state index contributed by atoms with van der Waals surface area (Å²) in [5.74, 6) is 1.63. The molecule has 4 rings (SSSR count). The first-order valence-electron chi connectivity index (χ1n) is 8.31. The maximum Gasteiger partial charge on any atom is 0.231 e. The van der Waals surface area contributed by atoms with Crippen molar-refractivity contribution in [1.82, 2.24) is 14.7 Å². The lowest BCUT2D eigenvalue weighted by molar-refractivity contribution is -0.132. The molecule has 1 atom stereocenters. The molecule has 2 aromatic rings. The summed E-state index contributed by atoms with van der Waals surface area (Å²) in [5.41, 5.74) is 3.06. The van der Waals surface area contributed by atoms with Crippen molar-refractivity contribution >= 4 is 5.91 Å². The second-order valence-electron chi connectivity index (χ2n) is 6.50. The summed E-state index contributed by atoms with van der Waals surface area (Å²) < 4.78 is 17.8. The molecule has 0 aliphatic carbocycles. The van der Waals surface area contributed by atoms with Gasteiger partial charge in [0.2, 0.25) is 12.7 Å². The maximum atomic E-state index is 12.8. The van der Waals surface area contributed by atoms with Crippen molar-refractivity contribution in [1.29, 1.82) is 0 Å². The maximum absolute atomic E-state index is 12.8. The van der Waals surface area contributed by atoms with Crippen molar-refractivity contribution in [2.45, 2.75) is 18.9 Å². The van der Waals surface area contributed by atoms with Gasteiger partial charge in [0.05, 0.1) is 18.7 Å². The molecule has 0 saturated heterocycles. The zero-order valence-electron chi connectivity index (χ0n) is 14.4. The number of ether oxygens (including phenoxy) is 3. The van der Waals surface area contributed by atoms with E-state index in [9.17, 15) is 4.79 Å². The Balaban J connectivity index is 1.50. The minimum atomic E-state index is 0.0921. The van der Waals surface area contributed by atoms with Crippen molar-refractivity contribution in [3.05, 3.63) is 41.2 Å². The van der Waals surface area contributed by atoms with Gasteiger partial charge in [-0.25, -0.2) is 0 Å². The minimum absolute atomic E-state index is 0.0921. The van der Waals surface area contributed by atoms with Crippen molar-refractivity contribution < 1.29 is 19.0 Å². The van der Waals surface area contributed by atoms with Crippen molar-refractivity contribution in [2.75, 3.05) is 27.1 Å². The number of methoxy groups -OCH3 is 1. The summed E-state index contributed by atoms with van der Waals surface area (Å²) in [5, 5.41) is 4.54. The van der Waals surface area contributed by atoms with Crippen molar-refractivity contribution in [3.8, 4) is 11.5 Å². The van der Waals surface area contributed by atoms with Crippen LogP contribution in [-0.2, 0) is 29.5 Å². The zero-order valence-corrected chi connectivity index (χ0v) is 14.4. The Morgan fingerprint density at radius 3 is 3.04 bits per heavy atom. The van der Waals surface area contributed by atoms with Gasteiger partial charge in [0.25, 0.3) is 0 Å². The van der Waals surface area contributed by atoms with Gasteiger partial charge in [0.1, 0.15) is 0 Å². The number of aromatic nitrogens is 2. The molecule has 0 N–H and O–H groups in total. The van der Waals surface area contributed by atoms with Gasteiger partial charge in [0, 0.05) is 44.9 Å². The third-order valence-electron chi connectivity index (χ3n) is 4.64. The highest BCUT2D eigenvalue weighted by Crippen LogP contribution is 2.33. The van der Waals surface area contributed by atoms with Gasteiger partial charge in [-0.15, -0.1) is 0 Å². The Kier molecular flexibility index (Phi) is 4.09. The molecule has 1 unspecified atom stereocenters. The second kappa shape index (κ2) is 6.40. The normalized spacial score (nSPS) is 18.3. The standard InChI is InChI=1S/C18H21N3O4/c1-20-7-13-8-21(9-14(10-23-2)18(13)19-20)17(22)6-12-3-4-15-16(5-12)25-11-24-15/h3-5,7,14H,6,8-11H2,1-2H3. The lowest BCUT2D eigenvalue weighted by Gasteiger charge is -2.31. The quantitative estimate of drug-likeness (QED) is 0.841. The SMILES string of the molecule is COCC1CN(C(=O)Cc2ccc3c(c2)OCO3)Cc2cn(C)nc21. The molecule has 25 heavy (non-hydrogen) atoms. The average Bonchev–Trinajstić information content (AvgIpc) is 3.19. The van der Waals surface area contributed by atoms with E-state index in [0.29, 0.717) is 31.9 Å². The van der Waals surface area contributed by atoms with Crippen LogP contribution < -0.4 is 9.47 Å². The van der Waals surface area contributed by atoms with E-state index in [-0.39, 0.29) is 18.6 Å². The number of carbonyl (C=O) groups is 1. The highest BCUT2D eigenvalue weighted by Gasteiger charge is 2.30. The molecule has 132 valence electrons. The topological polar surface area (TPSA) is 65.8 Å². The molecule has 7 nitrogen and oxygen atoms in total.